The molecule has 0 aliphatic carbocycles. The van der Waals surface area contributed by atoms with Crippen LogP contribution < -0.4 is 4.90 Å². The fourth-order valence-corrected chi connectivity index (χ4v) is 9.64. The van der Waals surface area contributed by atoms with E-state index in [1.54, 1.807) is 0 Å². The molecule has 12 rings (SSSR count). The molecule has 0 spiro atoms. The van der Waals surface area contributed by atoms with Crippen LogP contribution in [0.15, 0.2) is 267 Å². The number of rotatable bonds is 9. The van der Waals surface area contributed by atoms with Crippen molar-refractivity contribution in [2.75, 3.05) is 4.90 Å². The van der Waals surface area contributed by atoms with E-state index in [9.17, 15) is 0 Å². The van der Waals surface area contributed by atoms with Crippen LogP contribution in [0.5, 0.6) is 0 Å². The van der Waals surface area contributed by atoms with Crippen molar-refractivity contribution in [1.29, 1.82) is 0 Å². The summed E-state index contributed by atoms with van der Waals surface area (Å²) in [4.78, 5) is 2.38. The van der Waals surface area contributed by atoms with Crippen LogP contribution in [0.3, 0.4) is 0 Å². The highest BCUT2D eigenvalue weighted by Crippen LogP contribution is 2.41. The molecule has 2 heteroatoms. The van der Waals surface area contributed by atoms with E-state index in [-0.39, 0.29) is 0 Å². The van der Waals surface area contributed by atoms with Gasteiger partial charge in [-0.2, -0.15) is 0 Å². The summed E-state index contributed by atoms with van der Waals surface area (Å²) < 4.78 is 2.37. The molecule has 0 radical (unpaired) electrons. The van der Waals surface area contributed by atoms with Crippen LogP contribution in [0.25, 0.3) is 93.9 Å². The van der Waals surface area contributed by atoms with Crippen molar-refractivity contribution in [1.82, 2.24) is 4.57 Å². The molecule has 0 saturated heterocycles. The minimum absolute atomic E-state index is 1.08. The summed E-state index contributed by atoms with van der Waals surface area (Å²) in [7, 11) is 0. The molecule has 0 unspecified atom stereocenters. The van der Waals surface area contributed by atoms with Gasteiger partial charge in [0, 0.05) is 33.5 Å². The van der Waals surface area contributed by atoms with Crippen molar-refractivity contribution in [2.45, 2.75) is 0 Å². The summed E-state index contributed by atoms with van der Waals surface area (Å²) in [5.41, 5.74) is 18.7. The van der Waals surface area contributed by atoms with Crippen LogP contribution in [-0.2, 0) is 0 Å². The lowest BCUT2D eigenvalue weighted by Crippen LogP contribution is -2.10. The lowest BCUT2D eigenvalue weighted by atomic mass is 9.97. The van der Waals surface area contributed by atoms with Crippen LogP contribution in [-0.4, -0.2) is 4.57 Å². The minimum atomic E-state index is 1.08. The average molecular weight is 841 g/mol. The fourth-order valence-electron chi connectivity index (χ4n) is 9.64. The van der Waals surface area contributed by atoms with Gasteiger partial charge in [0.2, 0.25) is 0 Å². The second-order valence-electron chi connectivity index (χ2n) is 17.0. The predicted molar refractivity (Wildman–Crippen MR) is 280 cm³/mol. The topological polar surface area (TPSA) is 8.17 Å². The van der Waals surface area contributed by atoms with Crippen molar-refractivity contribution < 1.29 is 0 Å². The molecule has 0 atom stereocenters. The number of para-hydroxylation sites is 2. The average Bonchev–Trinajstić information content (AvgIpc) is 3.73. The fraction of sp³-hybridized carbons (Fsp3) is 0. The minimum Gasteiger partial charge on any atom is -0.310 e. The third-order valence-electron chi connectivity index (χ3n) is 13.0. The van der Waals surface area contributed by atoms with E-state index in [0.29, 0.717) is 0 Å². The smallest absolute Gasteiger partial charge is 0.0541 e. The monoisotopic (exact) mass is 840 g/mol. The third kappa shape index (κ3) is 7.31. The first kappa shape index (κ1) is 38.9. The molecule has 0 bridgehead atoms. The zero-order valence-corrected chi connectivity index (χ0v) is 36.3. The molecule has 0 fully saturated rings. The Labute approximate surface area is 385 Å². The summed E-state index contributed by atoms with van der Waals surface area (Å²) in [6.07, 6.45) is 0. The molecule has 310 valence electrons. The Bertz CT molecular complexity index is 3680. The Balaban J connectivity index is 0.921. The van der Waals surface area contributed by atoms with Gasteiger partial charge in [0.25, 0.3) is 0 Å². The maximum atomic E-state index is 2.38. The molecule has 1 heterocycles. The standard InChI is InChI=1S/C64H44N2/c1-3-14-45(15-4-1)50-18-11-20-52(40-50)54-22-13-25-60(43-54)65(58-35-30-47(31-36-58)51-19-12-21-53(41-51)55-29-28-46-16-7-8-17-49(46)42-55)59-37-32-48(33-38-59)56-34-39-64-62(44-56)61-26-9-10-27-63(61)66(64)57-23-5-2-6-24-57/h1-44H. The number of nitrogens with zero attached hydrogens (tertiary/aromatic N) is 2. The Morgan fingerprint density at radius 1 is 0.227 bits per heavy atom. The highest BCUT2D eigenvalue weighted by Gasteiger charge is 2.17. The largest absolute Gasteiger partial charge is 0.310 e. The molecule has 0 aliphatic rings. The normalized spacial score (nSPS) is 11.3. The summed E-state index contributed by atoms with van der Waals surface area (Å²) >= 11 is 0. The van der Waals surface area contributed by atoms with E-state index >= 15 is 0 Å². The zero-order chi connectivity index (χ0) is 43.8. The van der Waals surface area contributed by atoms with E-state index < -0.39 is 0 Å². The van der Waals surface area contributed by atoms with Crippen molar-refractivity contribution in [2.24, 2.45) is 0 Å². The van der Waals surface area contributed by atoms with Gasteiger partial charge in [-0.05, 0) is 151 Å². The predicted octanol–water partition coefficient (Wildman–Crippen LogP) is 17.7. The number of fused-ring (bicyclic) bond motifs is 4. The Hall–Kier alpha value is -8.72. The summed E-state index contributed by atoms with van der Waals surface area (Å²) in [6.45, 7) is 0. The molecule has 11 aromatic carbocycles. The first-order chi connectivity index (χ1) is 32.7. The van der Waals surface area contributed by atoms with E-state index in [0.717, 1.165) is 28.3 Å². The van der Waals surface area contributed by atoms with Crippen molar-refractivity contribution in [3.05, 3.63) is 267 Å². The second kappa shape index (κ2) is 16.8. The molecular weight excluding hydrogens is 797 g/mol. The number of aromatic nitrogens is 1. The highest BCUT2D eigenvalue weighted by atomic mass is 15.1. The molecule has 0 saturated carbocycles. The van der Waals surface area contributed by atoms with E-state index in [4.69, 9.17) is 0 Å². The first-order valence-corrected chi connectivity index (χ1v) is 22.7. The molecule has 12 aromatic rings. The first-order valence-electron chi connectivity index (χ1n) is 22.7. The Morgan fingerprint density at radius 2 is 0.667 bits per heavy atom. The van der Waals surface area contributed by atoms with E-state index in [1.807, 2.05) is 0 Å². The molecule has 0 aliphatic heterocycles. The molecular formula is C64H44N2. The number of anilines is 3. The Morgan fingerprint density at radius 3 is 1.33 bits per heavy atom. The van der Waals surface area contributed by atoms with Gasteiger partial charge in [-0.15, -0.1) is 0 Å². The number of benzene rings is 11. The van der Waals surface area contributed by atoms with Crippen LogP contribution in [0.1, 0.15) is 0 Å². The van der Waals surface area contributed by atoms with Crippen LogP contribution in [0.4, 0.5) is 17.1 Å². The molecule has 0 amide bonds. The highest BCUT2D eigenvalue weighted by molar-refractivity contribution is 6.10. The number of hydrogen-bond donors (Lipinski definition) is 0. The van der Waals surface area contributed by atoms with Crippen LogP contribution in [0.2, 0.25) is 0 Å². The van der Waals surface area contributed by atoms with Gasteiger partial charge in [0.15, 0.2) is 0 Å². The van der Waals surface area contributed by atoms with Gasteiger partial charge in [0.1, 0.15) is 0 Å². The third-order valence-corrected chi connectivity index (χ3v) is 13.0. The van der Waals surface area contributed by atoms with Gasteiger partial charge >= 0.3 is 0 Å². The lowest BCUT2D eigenvalue weighted by molar-refractivity contribution is 1.18. The van der Waals surface area contributed by atoms with Crippen molar-refractivity contribution in [3.63, 3.8) is 0 Å². The van der Waals surface area contributed by atoms with Gasteiger partial charge in [0.05, 0.1) is 11.0 Å². The van der Waals surface area contributed by atoms with E-state index in [1.165, 1.54) is 82.6 Å². The summed E-state index contributed by atoms with van der Waals surface area (Å²) in [6, 6.07) is 96.9. The van der Waals surface area contributed by atoms with Gasteiger partial charge in [-0.25, -0.2) is 0 Å². The van der Waals surface area contributed by atoms with Crippen LogP contribution >= 0.6 is 0 Å². The summed E-state index contributed by atoms with van der Waals surface area (Å²) in [5.74, 6) is 0. The van der Waals surface area contributed by atoms with Crippen molar-refractivity contribution >= 4 is 49.6 Å². The SMILES string of the molecule is c1ccc(-c2cccc(-c3cccc(N(c4ccc(-c5cccc(-c6ccc7ccccc7c6)c5)cc4)c4ccc(-c5ccc6c(c5)c5ccccc5n6-c5ccccc5)cc4)c3)c2)cc1. The van der Waals surface area contributed by atoms with E-state index in [2.05, 4.69) is 276 Å². The lowest BCUT2D eigenvalue weighted by Gasteiger charge is -2.26. The summed E-state index contributed by atoms with van der Waals surface area (Å²) in [5, 5.41) is 5.00. The van der Waals surface area contributed by atoms with Crippen molar-refractivity contribution in [3.8, 4) is 61.3 Å². The second-order valence-corrected chi connectivity index (χ2v) is 17.0. The number of hydrogen-bond acceptors (Lipinski definition) is 1. The van der Waals surface area contributed by atoms with Gasteiger partial charge in [-0.3, -0.25) is 0 Å². The maximum absolute atomic E-state index is 2.38. The van der Waals surface area contributed by atoms with Gasteiger partial charge in [-0.1, -0.05) is 182 Å². The maximum Gasteiger partial charge on any atom is 0.0541 e. The zero-order valence-electron chi connectivity index (χ0n) is 36.3. The van der Waals surface area contributed by atoms with Gasteiger partial charge < -0.3 is 9.47 Å². The molecule has 2 nitrogen and oxygen atoms in total. The quantitative estimate of drug-likeness (QED) is 0.141. The molecule has 66 heavy (non-hydrogen) atoms. The Kier molecular flexibility index (Phi) is 9.89. The molecule has 0 N–H and O–H groups in total. The molecule has 1 aromatic heterocycles. The van der Waals surface area contributed by atoms with Crippen LogP contribution in [0, 0.1) is 0 Å².